The van der Waals surface area contributed by atoms with Gasteiger partial charge in [0.25, 0.3) is 0 Å². The summed E-state index contributed by atoms with van der Waals surface area (Å²) in [4.78, 5) is 27.4. The van der Waals surface area contributed by atoms with Gasteiger partial charge in [-0.05, 0) is 12.8 Å². The molecule has 6 heteroatoms. The predicted octanol–water partition coefficient (Wildman–Crippen LogP) is 2.90. The standard InChI is InChI=1S/C15H28N2O3S/c1-3-5-7-16(8-6-4-2)15(20)17-9-10-21-12-13(17)11-14(18)19/h13H,3-12H2,1-2H3,(H,18,19). The largest absolute Gasteiger partial charge is 0.481 e. The molecule has 1 rings (SSSR count). The van der Waals surface area contributed by atoms with Gasteiger partial charge in [0.2, 0.25) is 0 Å². The molecule has 21 heavy (non-hydrogen) atoms. The summed E-state index contributed by atoms with van der Waals surface area (Å²) in [5, 5.41) is 9.03. The van der Waals surface area contributed by atoms with E-state index in [0.29, 0.717) is 6.54 Å². The van der Waals surface area contributed by atoms with Crippen molar-refractivity contribution in [3.63, 3.8) is 0 Å². The number of amides is 2. The number of urea groups is 1. The summed E-state index contributed by atoms with van der Waals surface area (Å²) in [5.41, 5.74) is 0. The topological polar surface area (TPSA) is 60.9 Å². The van der Waals surface area contributed by atoms with Crippen molar-refractivity contribution in [3.05, 3.63) is 0 Å². The van der Waals surface area contributed by atoms with E-state index < -0.39 is 5.97 Å². The van der Waals surface area contributed by atoms with Gasteiger partial charge in [-0.1, -0.05) is 26.7 Å². The summed E-state index contributed by atoms with van der Waals surface area (Å²) in [6.45, 7) is 6.45. The van der Waals surface area contributed by atoms with Crippen LogP contribution >= 0.6 is 11.8 Å². The highest BCUT2D eigenvalue weighted by atomic mass is 32.2. The maximum Gasteiger partial charge on any atom is 0.320 e. The average Bonchev–Trinajstić information content (AvgIpc) is 2.47. The van der Waals surface area contributed by atoms with E-state index in [1.165, 1.54) is 0 Å². The van der Waals surface area contributed by atoms with Gasteiger partial charge >= 0.3 is 12.0 Å². The maximum absolute atomic E-state index is 12.8. The summed E-state index contributed by atoms with van der Waals surface area (Å²) in [6, 6.07) is -0.136. The van der Waals surface area contributed by atoms with Crippen molar-refractivity contribution in [1.29, 1.82) is 0 Å². The lowest BCUT2D eigenvalue weighted by atomic mass is 10.2. The molecular formula is C15H28N2O3S. The Hall–Kier alpha value is -0.910. The zero-order valence-corrected chi connectivity index (χ0v) is 14.0. The number of nitrogens with zero attached hydrogens (tertiary/aromatic N) is 2. The Bertz CT molecular complexity index is 331. The van der Waals surface area contributed by atoms with E-state index in [4.69, 9.17) is 5.11 Å². The fraction of sp³-hybridized carbons (Fsp3) is 0.867. The Morgan fingerprint density at radius 1 is 1.24 bits per heavy atom. The highest BCUT2D eigenvalue weighted by Crippen LogP contribution is 2.21. The lowest BCUT2D eigenvalue weighted by molar-refractivity contribution is -0.138. The number of carboxylic acids is 1. The second-order valence-corrected chi connectivity index (χ2v) is 6.65. The molecule has 1 aliphatic rings. The number of hydrogen-bond acceptors (Lipinski definition) is 3. The SMILES string of the molecule is CCCCN(CCCC)C(=O)N1CCSCC1CC(=O)O. The van der Waals surface area contributed by atoms with Crippen LogP contribution in [0.15, 0.2) is 0 Å². The van der Waals surface area contributed by atoms with E-state index in [2.05, 4.69) is 13.8 Å². The summed E-state index contributed by atoms with van der Waals surface area (Å²) >= 11 is 1.74. The van der Waals surface area contributed by atoms with Crippen LogP contribution in [-0.2, 0) is 4.79 Å². The molecule has 0 aromatic rings. The molecule has 1 N–H and O–H groups in total. The van der Waals surface area contributed by atoms with Crippen LogP contribution in [0.25, 0.3) is 0 Å². The first-order chi connectivity index (χ1) is 10.1. The molecule has 0 bridgehead atoms. The molecule has 1 unspecified atom stereocenters. The number of carboxylic acid groups (broad SMARTS) is 1. The normalized spacial score (nSPS) is 18.6. The van der Waals surface area contributed by atoms with Crippen molar-refractivity contribution < 1.29 is 14.7 Å². The zero-order chi connectivity index (χ0) is 15.7. The smallest absolute Gasteiger partial charge is 0.320 e. The summed E-state index contributed by atoms with van der Waals surface area (Å²) in [5.74, 6) is 0.805. The third-order valence-electron chi connectivity index (χ3n) is 3.72. The molecule has 0 aromatic carbocycles. The number of carbonyl (C=O) groups is 2. The van der Waals surface area contributed by atoms with Gasteiger partial charge in [-0.2, -0.15) is 11.8 Å². The Labute approximate surface area is 132 Å². The molecule has 1 aliphatic heterocycles. The number of unbranched alkanes of at least 4 members (excludes halogenated alkanes) is 2. The first-order valence-corrected chi connectivity index (χ1v) is 9.10. The summed E-state index contributed by atoms with van der Waals surface area (Å²) in [6.07, 6.45) is 4.17. The van der Waals surface area contributed by atoms with Gasteiger partial charge in [-0.3, -0.25) is 4.79 Å². The third-order valence-corrected chi connectivity index (χ3v) is 4.81. The van der Waals surface area contributed by atoms with Crippen LogP contribution in [0.4, 0.5) is 4.79 Å². The lowest BCUT2D eigenvalue weighted by Gasteiger charge is -2.38. The lowest BCUT2D eigenvalue weighted by Crippen LogP contribution is -2.53. The number of aliphatic carboxylic acids is 1. The van der Waals surface area contributed by atoms with E-state index in [1.807, 2.05) is 4.90 Å². The van der Waals surface area contributed by atoms with Crippen molar-refractivity contribution >= 4 is 23.8 Å². The van der Waals surface area contributed by atoms with Gasteiger partial charge in [0.05, 0.1) is 12.5 Å². The number of thioether (sulfide) groups is 1. The van der Waals surface area contributed by atoms with Crippen molar-refractivity contribution in [2.45, 2.75) is 52.0 Å². The highest BCUT2D eigenvalue weighted by Gasteiger charge is 2.31. The Morgan fingerprint density at radius 2 is 1.86 bits per heavy atom. The minimum atomic E-state index is -0.825. The molecular weight excluding hydrogens is 288 g/mol. The second kappa shape index (κ2) is 9.92. The first kappa shape index (κ1) is 18.1. The summed E-state index contributed by atoms with van der Waals surface area (Å²) < 4.78 is 0. The highest BCUT2D eigenvalue weighted by molar-refractivity contribution is 7.99. The number of rotatable bonds is 8. The molecule has 1 fully saturated rings. The second-order valence-electron chi connectivity index (χ2n) is 5.50. The van der Waals surface area contributed by atoms with Crippen molar-refractivity contribution in [1.82, 2.24) is 9.80 Å². The average molecular weight is 316 g/mol. The van der Waals surface area contributed by atoms with Crippen LogP contribution in [0.1, 0.15) is 46.0 Å². The van der Waals surface area contributed by atoms with Crippen LogP contribution in [0.5, 0.6) is 0 Å². The number of hydrogen-bond donors (Lipinski definition) is 1. The maximum atomic E-state index is 12.8. The van der Waals surface area contributed by atoms with Crippen molar-refractivity contribution in [3.8, 4) is 0 Å². The van der Waals surface area contributed by atoms with Gasteiger partial charge < -0.3 is 14.9 Å². The first-order valence-electron chi connectivity index (χ1n) is 7.95. The van der Waals surface area contributed by atoms with Gasteiger partial charge in [0, 0.05) is 31.1 Å². The van der Waals surface area contributed by atoms with Gasteiger partial charge in [0.15, 0.2) is 0 Å². The van der Waals surface area contributed by atoms with Crippen LogP contribution in [0.2, 0.25) is 0 Å². The number of carbonyl (C=O) groups excluding carboxylic acids is 1. The molecule has 0 aliphatic carbocycles. The third kappa shape index (κ3) is 6.16. The van der Waals surface area contributed by atoms with Gasteiger partial charge in [-0.15, -0.1) is 0 Å². The molecule has 5 nitrogen and oxygen atoms in total. The molecule has 1 heterocycles. The van der Waals surface area contributed by atoms with E-state index >= 15 is 0 Å². The van der Waals surface area contributed by atoms with Gasteiger partial charge in [0.1, 0.15) is 0 Å². The van der Waals surface area contributed by atoms with Crippen molar-refractivity contribution in [2.24, 2.45) is 0 Å². The molecule has 1 atom stereocenters. The Balaban J connectivity index is 2.69. The zero-order valence-electron chi connectivity index (χ0n) is 13.2. The van der Waals surface area contributed by atoms with E-state index in [-0.39, 0.29) is 18.5 Å². The van der Waals surface area contributed by atoms with Crippen molar-refractivity contribution in [2.75, 3.05) is 31.1 Å². The fourth-order valence-corrected chi connectivity index (χ4v) is 3.52. The molecule has 122 valence electrons. The van der Waals surface area contributed by atoms with E-state index in [9.17, 15) is 9.59 Å². The summed E-state index contributed by atoms with van der Waals surface area (Å²) in [7, 11) is 0. The van der Waals surface area contributed by atoms with Crippen LogP contribution in [0, 0.1) is 0 Å². The molecule has 0 radical (unpaired) electrons. The fourth-order valence-electron chi connectivity index (χ4n) is 2.46. The molecule has 0 saturated carbocycles. The Kier molecular flexibility index (Phi) is 8.57. The molecule has 0 spiro atoms. The van der Waals surface area contributed by atoms with E-state index in [1.54, 1.807) is 16.7 Å². The molecule has 0 aromatic heterocycles. The van der Waals surface area contributed by atoms with Crippen LogP contribution < -0.4 is 0 Å². The predicted molar refractivity (Wildman–Crippen MR) is 86.9 cm³/mol. The monoisotopic (exact) mass is 316 g/mol. The van der Waals surface area contributed by atoms with E-state index in [0.717, 1.165) is 50.3 Å². The molecule has 1 saturated heterocycles. The van der Waals surface area contributed by atoms with Crippen LogP contribution in [-0.4, -0.2) is 64.1 Å². The molecule has 2 amide bonds. The van der Waals surface area contributed by atoms with Crippen LogP contribution in [0.3, 0.4) is 0 Å². The minimum absolute atomic E-state index is 0.0310. The quantitative estimate of drug-likeness (QED) is 0.748. The van der Waals surface area contributed by atoms with Gasteiger partial charge in [-0.25, -0.2) is 4.79 Å². The Morgan fingerprint density at radius 3 is 2.38 bits per heavy atom. The minimum Gasteiger partial charge on any atom is -0.481 e.